The number of aliphatic hydroxyl groups is 1. The molecule has 26 heavy (non-hydrogen) atoms. The second-order valence-corrected chi connectivity index (χ2v) is 6.55. The SMILES string of the molecule is COc1ccc(CCC(=O)NCC(C)(O)c2cc3ccccc3o2)cc1. The molecule has 136 valence electrons. The van der Waals surface area contributed by atoms with Crippen molar-refractivity contribution in [2.45, 2.75) is 25.4 Å². The highest BCUT2D eigenvalue weighted by atomic mass is 16.5. The van der Waals surface area contributed by atoms with Crippen LogP contribution in [0, 0.1) is 0 Å². The zero-order valence-electron chi connectivity index (χ0n) is 15.0. The number of fused-ring (bicyclic) bond motifs is 1. The summed E-state index contributed by atoms with van der Waals surface area (Å²) >= 11 is 0. The quantitative estimate of drug-likeness (QED) is 0.683. The van der Waals surface area contributed by atoms with Crippen LogP contribution in [-0.2, 0) is 16.8 Å². The number of hydrogen-bond acceptors (Lipinski definition) is 4. The molecule has 0 aliphatic heterocycles. The topological polar surface area (TPSA) is 71.7 Å². The van der Waals surface area contributed by atoms with Crippen LogP contribution in [0.1, 0.15) is 24.7 Å². The molecule has 1 unspecified atom stereocenters. The predicted octanol–water partition coefficient (Wildman–Crippen LogP) is 3.40. The van der Waals surface area contributed by atoms with Gasteiger partial charge in [0, 0.05) is 11.8 Å². The average Bonchev–Trinajstić information content (AvgIpc) is 3.10. The highest BCUT2D eigenvalue weighted by molar-refractivity contribution is 5.78. The Hall–Kier alpha value is -2.79. The number of hydrogen-bond donors (Lipinski definition) is 2. The fourth-order valence-electron chi connectivity index (χ4n) is 2.74. The Morgan fingerprint density at radius 3 is 2.62 bits per heavy atom. The summed E-state index contributed by atoms with van der Waals surface area (Å²) < 4.78 is 10.8. The number of amides is 1. The third-order valence-corrected chi connectivity index (χ3v) is 4.39. The Morgan fingerprint density at radius 2 is 1.92 bits per heavy atom. The number of ether oxygens (including phenoxy) is 1. The van der Waals surface area contributed by atoms with E-state index in [1.54, 1.807) is 20.1 Å². The van der Waals surface area contributed by atoms with Crippen molar-refractivity contribution >= 4 is 16.9 Å². The number of furan rings is 1. The maximum atomic E-state index is 12.1. The fraction of sp³-hybridized carbons (Fsp3) is 0.286. The first-order valence-corrected chi connectivity index (χ1v) is 8.59. The van der Waals surface area contributed by atoms with Crippen LogP contribution in [0.4, 0.5) is 0 Å². The molecular weight excluding hydrogens is 330 g/mol. The maximum absolute atomic E-state index is 12.1. The summed E-state index contributed by atoms with van der Waals surface area (Å²) in [6.45, 7) is 1.72. The molecule has 0 aliphatic carbocycles. The Bertz CT molecular complexity index is 847. The molecule has 0 spiro atoms. The first kappa shape index (κ1) is 18.0. The van der Waals surface area contributed by atoms with E-state index in [9.17, 15) is 9.90 Å². The molecule has 1 heterocycles. The minimum atomic E-state index is -1.27. The highest BCUT2D eigenvalue weighted by Crippen LogP contribution is 2.27. The van der Waals surface area contributed by atoms with Crippen LogP contribution in [0.25, 0.3) is 11.0 Å². The third kappa shape index (κ3) is 4.24. The zero-order valence-corrected chi connectivity index (χ0v) is 15.0. The molecular formula is C21H23NO4. The lowest BCUT2D eigenvalue weighted by Gasteiger charge is -2.21. The van der Waals surface area contributed by atoms with E-state index in [2.05, 4.69) is 5.32 Å². The van der Waals surface area contributed by atoms with Crippen molar-refractivity contribution in [1.29, 1.82) is 0 Å². The van der Waals surface area contributed by atoms with Gasteiger partial charge in [0.1, 0.15) is 22.7 Å². The van der Waals surface area contributed by atoms with Gasteiger partial charge in [0.15, 0.2) is 0 Å². The summed E-state index contributed by atoms with van der Waals surface area (Å²) in [5, 5.41) is 14.4. The number of methoxy groups -OCH3 is 1. The molecule has 0 radical (unpaired) electrons. The first-order chi connectivity index (χ1) is 12.5. The van der Waals surface area contributed by atoms with Crippen LogP contribution in [0.15, 0.2) is 59.0 Å². The van der Waals surface area contributed by atoms with Gasteiger partial charge in [-0.15, -0.1) is 0 Å². The lowest BCUT2D eigenvalue weighted by atomic mass is 10.0. The van der Waals surface area contributed by atoms with Gasteiger partial charge in [-0.2, -0.15) is 0 Å². The van der Waals surface area contributed by atoms with Crippen molar-refractivity contribution in [3.63, 3.8) is 0 Å². The molecule has 1 amide bonds. The van der Waals surface area contributed by atoms with E-state index in [-0.39, 0.29) is 12.5 Å². The highest BCUT2D eigenvalue weighted by Gasteiger charge is 2.28. The molecule has 3 rings (SSSR count). The van der Waals surface area contributed by atoms with Crippen molar-refractivity contribution in [2.75, 3.05) is 13.7 Å². The molecule has 0 fully saturated rings. The van der Waals surface area contributed by atoms with E-state index in [4.69, 9.17) is 9.15 Å². The van der Waals surface area contributed by atoms with Gasteiger partial charge in [-0.1, -0.05) is 30.3 Å². The molecule has 1 aromatic heterocycles. The van der Waals surface area contributed by atoms with Crippen LogP contribution < -0.4 is 10.1 Å². The Balaban J connectivity index is 1.53. The van der Waals surface area contributed by atoms with Crippen LogP contribution >= 0.6 is 0 Å². The summed E-state index contributed by atoms with van der Waals surface area (Å²) in [4.78, 5) is 12.1. The van der Waals surface area contributed by atoms with Crippen molar-refractivity contribution in [3.05, 3.63) is 65.9 Å². The minimum Gasteiger partial charge on any atom is -0.497 e. The van der Waals surface area contributed by atoms with Crippen molar-refractivity contribution < 1.29 is 19.1 Å². The Morgan fingerprint density at radius 1 is 1.19 bits per heavy atom. The number of carbonyl (C=O) groups is 1. The largest absolute Gasteiger partial charge is 0.497 e. The number of nitrogens with one attached hydrogen (secondary N) is 1. The molecule has 5 heteroatoms. The molecule has 0 bridgehead atoms. The molecule has 0 aliphatic rings. The predicted molar refractivity (Wildman–Crippen MR) is 100 cm³/mol. The van der Waals surface area contributed by atoms with Crippen molar-refractivity contribution in [2.24, 2.45) is 0 Å². The molecule has 5 nitrogen and oxygen atoms in total. The molecule has 1 atom stereocenters. The minimum absolute atomic E-state index is 0.0915. The third-order valence-electron chi connectivity index (χ3n) is 4.39. The summed E-state index contributed by atoms with van der Waals surface area (Å²) in [6, 6.07) is 17.0. The zero-order chi connectivity index (χ0) is 18.6. The van der Waals surface area contributed by atoms with E-state index in [0.717, 1.165) is 16.7 Å². The normalized spacial score (nSPS) is 13.3. The van der Waals surface area contributed by atoms with Crippen molar-refractivity contribution in [1.82, 2.24) is 5.32 Å². The summed E-state index contributed by atoms with van der Waals surface area (Å²) in [5.41, 5.74) is 0.507. The van der Waals surface area contributed by atoms with Gasteiger partial charge in [0.05, 0.1) is 13.7 Å². The molecule has 0 saturated heterocycles. The van der Waals surface area contributed by atoms with E-state index in [0.29, 0.717) is 24.2 Å². The van der Waals surface area contributed by atoms with Gasteiger partial charge in [-0.25, -0.2) is 0 Å². The molecule has 2 aromatic carbocycles. The smallest absolute Gasteiger partial charge is 0.220 e. The molecule has 2 N–H and O–H groups in total. The van der Waals surface area contributed by atoms with Gasteiger partial charge in [-0.05, 0) is 43.2 Å². The number of aryl methyl sites for hydroxylation is 1. The number of carbonyl (C=O) groups excluding carboxylic acids is 1. The van der Waals surface area contributed by atoms with Crippen LogP contribution in [0.3, 0.4) is 0 Å². The average molecular weight is 353 g/mol. The Labute approximate surface area is 152 Å². The van der Waals surface area contributed by atoms with Gasteiger partial charge >= 0.3 is 0 Å². The summed E-state index contributed by atoms with van der Waals surface area (Å²) in [6.07, 6.45) is 0.977. The first-order valence-electron chi connectivity index (χ1n) is 8.59. The van der Waals surface area contributed by atoms with Crippen LogP contribution in [0.5, 0.6) is 5.75 Å². The van der Waals surface area contributed by atoms with E-state index in [1.807, 2.05) is 48.5 Å². The van der Waals surface area contributed by atoms with Gasteiger partial charge in [0.25, 0.3) is 0 Å². The van der Waals surface area contributed by atoms with E-state index >= 15 is 0 Å². The Kier molecular flexibility index (Phi) is 5.28. The monoisotopic (exact) mass is 353 g/mol. The lowest BCUT2D eigenvalue weighted by molar-refractivity contribution is -0.122. The maximum Gasteiger partial charge on any atom is 0.220 e. The standard InChI is InChI=1S/C21H23NO4/c1-21(24,19-13-16-5-3-4-6-18(16)26-19)14-22-20(23)12-9-15-7-10-17(25-2)11-8-15/h3-8,10-11,13,24H,9,12,14H2,1-2H3,(H,22,23). The number of rotatable bonds is 7. The van der Waals surface area contributed by atoms with Gasteiger partial charge in [-0.3, -0.25) is 4.79 Å². The van der Waals surface area contributed by atoms with E-state index < -0.39 is 5.60 Å². The second kappa shape index (κ2) is 7.62. The summed E-state index contributed by atoms with van der Waals surface area (Å²) in [7, 11) is 1.62. The number of benzene rings is 2. The van der Waals surface area contributed by atoms with Gasteiger partial charge in [0.2, 0.25) is 5.91 Å². The fourth-order valence-corrected chi connectivity index (χ4v) is 2.74. The molecule has 3 aromatic rings. The number of para-hydroxylation sites is 1. The molecule has 0 saturated carbocycles. The summed E-state index contributed by atoms with van der Waals surface area (Å²) in [5.74, 6) is 1.12. The lowest BCUT2D eigenvalue weighted by Crippen LogP contribution is -2.38. The van der Waals surface area contributed by atoms with Crippen LogP contribution in [0.2, 0.25) is 0 Å². The second-order valence-electron chi connectivity index (χ2n) is 6.55. The van der Waals surface area contributed by atoms with Crippen molar-refractivity contribution in [3.8, 4) is 5.75 Å². The van der Waals surface area contributed by atoms with E-state index in [1.165, 1.54) is 0 Å². The van der Waals surface area contributed by atoms with Gasteiger partial charge < -0.3 is 19.6 Å². The van der Waals surface area contributed by atoms with Crippen LogP contribution in [-0.4, -0.2) is 24.7 Å².